The van der Waals surface area contributed by atoms with E-state index >= 15 is 0 Å². The molecule has 2 amide bonds. The van der Waals surface area contributed by atoms with Crippen molar-refractivity contribution in [2.24, 2.45) is 5.10 Å². The fraction of sp³-hybridized carbons (Fsp3) is 0.118. The highest BCUT2D eigenvalue weighted by molar-refractivity contribution is 6.31. The number of hydrogen-bond acceptors (Lipinski definition) is 4. The Kier molecular flexibility index (Phi) is 6.06. The number of hydrazone groups is 1. The highest BCUT2D eigenvalue weighted by atomic mass is 35.5. The number of carbonyl (C=O) groups excluding carboxylic acids is 2. The van der Waals surface area contributed by atoms with Gasteiger partial charge in [-0.3, -0.25) is 9.59 Å². The normalized spacial score (nSPS) is 11.8. The Bertz CT molecular complexity index is 914. The minimum absolute atomic E-state index is 0.0804. The number of aromatic hydroxyl groups is 1. The predicted molar refractivity (Wildman–Crippen MR) is 93.9 cm³/mol. The molecule has 0 fully saturated rings. The number of phenolic OH excluding ortho intramolecular Hbond substituents is 1. The van der Waals surface area contributed by atoms with Crippen molar-refractivity contribution in [1.29, 1.82) is 0 Å². The Hall–Kier alpha value is -3.07. The van der Waals surface area contributed by atoms with E-state index in [1.54, 1.807) is 5.32 Å². The number of phenols is 1. The number of halogens is 4. The zero-order chi connectivity index (χ0) is 20.2. The molecule has 0 radical (unpaired) electrons. The van der Waals surface area contributed by atoms with Gasteiger partial charge in [0.25, 0.3) is 5.91 Å². The fourth-order valence-corrected chi connectivity index (χ4v) is 2.15. The van der Waals surface area contributed by atoms with Crippen molar-refractivity contribution in [3.05, 3.63) is 58.6 Å². The van der Waals surface area contributed by atoms with Gasteiger partial charge in [-0.15, -0.1) is 0 Å². The van der Waals surface area contributed by atoms with Gasteiger partial charge in [0, 0.05) is 10.7 Å². The molecule has 0 aliphatic heterocycles. The first-order valence-electron chi connectivity index (χ1n) is 7.39. The topological polar surface area (TPSA) is 90.8 Å². The number of amides is 2. The van der Waals surface area contributed by atoms with Crippen LogP contribution in [0, 0.1) is 0 Å². The average Bonchev–Trinajstić information content (AvgIpc) is 2.60. The molecule has 142 valence electrons. The molecular weight excluding hydrogens is 387 g/mol. The molecule has 27 heavy (non-hydrogen) atoms. The first-order chi connectivity index (χ1) is 12.6. The molecule has 0 heterocycles. The molecule has 2 rings (SSSR count). The smallest absolute Gasteiger partial charge is 0.471 e. The highest BCUT2D eigenvalue weighted by Gasteiger charge is 2.38. The van der Waals surface area contributed by atoms with Gasteiger partial charge in [0.15, 0.2) is 0 Å². The SMILES string of the molecule is C/C(=N\NC(=O)c1cc(Cl)ccc1O)c1cccc(NC(=O)C(F)(F)F)c1. The van der Waals surface area contributed by atoms with E-state index < -0.39 is 18.0 Å². The van der Waals surface area contributed by atoms with Gasteiger partial charge < -0.3 is 10.4 Å². The summed E-state index contributed by atoms with van der Waals surface area (Å²) in [5.41, 5.74) is 2.66. The summed E-state index contributed by atoms with van der Waals surface area (Å²) >= 11 is 5.77. The molecule has 3 N–H and O–H groups in total. The summed E-state index contributed by atoms with van der Waals surface area (Å²) in [4.78, 5) is 23.0. The molecule has 6 nitrogen and oxygen atoms in total. The molecule has 0 unspecified atom stereocenters. The van der Waals surface area contributed by atoms with Crippen LogP contribution in [0.4, 0.5) is 18.9 Å². The number of hydrogen-bond donors (Lipinski definition) is 3. The number of alkyl halides is 3. The van der Waals surface area contributed by atoms with E-state index in [-0.39, 0.29) is 27.7 Å². The maximum Gasteiger partial charge on any atom is 0.471 e. The summed E-state index contributed by atoms with van der Waals surface area (Å²) in [6.07, 6.45) is -5.01. The number of benzene rings is 2. The predicted octanol–water partition coefficient (Wildman–Crippen LogP) is 3.70. The third-order valence-electron chi connectivity index (χ3n) is 3.32. The molecule has 0 aromatic heterocycles. The molecule has 0 aliphatic rings. The maximum atomic E-state index is 12.3. The number of nitrogens with zero attached hydrogens (tertiary/aromatic N) is 1. The summed E-state index contributed by atoms with van der Waals surface area (Å²) in [6, 6.07) is 9.42. The van der Waals surface area contributed by atoms with Crippen molar-refractivity contribution in [2.45, 2.75) is 13.1 Å². The van der Waals surface area contributed by atoms with Crippen LogP contribution in [0.5, 0.6) is 5.75 Å². The molecule has 10 heteroatoms. The molecule has 2 aromatic rings. The number of rotatable bonds is 4. The van der Waals surface area contributed by atoms with Gasteiger partial charge in [0.2, 0.25) is 0 Å². The van der Waals surface area contributed by atoms with Crippen LogP contribution < -0.4 is 10.7 Å². The summed E-state index contributed by atoms with van der Waals surface area (Å²) in [6.45, 7) is 1.50. The minimum atomic E-state index is -5.01. The maximum absolute atomic E-state index is 12.3. The third kappa shape index (κ3) is 5.45. The Morgan fingerprint density at radius 2 is 1.85 bits per heavy atom. The lowest BCUT2D eigenvalue weighted by molar-refractivity contribution is -0.167. The monoisotopic (exact) mass is 399 g/mol. The first-order valence-corrected chi connectivity index (χ1v) is 7.77. The lowest BCUT2D eigenvalue weighted by Crippen LogP contribution is -2.29. The zero-order valence-electron chi connectivity index (χ0n) is 13.8. The van der Waals surface area contributed by atoms with E-state index in [0.29, 0.717) is 5.56 Å². The Labute approximate surface area is 156 Å². The molecular formula is C17H13ClF3N3O3. The lowest BCUT2D eigenvalue weighted by Gasteiger charge is -2.09. The van der Waals surface area contributed by atoms with Crippen LogP contribution in [0.1, 0.15) is 22.8 Å². The lowest BCUT2D eigenvalue weighted by atomic mass is 10.1. The molecule has 0 atom stereocenters. The van der Waals surface area contributed by atoms with E-state index in [0.717, 1.165) is 0 Å². The van der Waals surface area contributed by atoms with Crippen molar-refractivity contribution in [3.63, 3.8) is 0 Å². The Balaban J connectivity index is 2.14. The van der Waals surface area contributed by atoms with Gasteiger partial charge in [0.1, 0.15) is 5.75 Å². The Morgan fingerprint density at radius 1 is 1.15 bits per heavy atom. The van der Waals surface area contributed by atoms with Crippen LogP contribution in [0.25, 0.3) is 0 Å². The molecule has 0 bridgehead atoms. The van der Waals surface area contributed by atoms with E-state index in [4.69, 9.17) is 11.6 Å². The van der Waals surface area contributed by atoms with Crippen molar-refractivity contribution in [3.8, 4) is 5.75 Å². The van der Waals surface area contributed by atoms with Crippen molar-refractivity contribution in [2.75, 3.05) is 5.32 Å². The summed E-state index contributed by atoms with van der Waals surface area (Å²) in [5, 5.41) is 15.5. The van der Waals surface area contributed by atoms with Gasteiger partial charge in [-0.2, -0.15) is 18.3 Å². The molecule has 0 aliphatic carbocycles. The van der Waals surface area contributed by atoms with Crippen molar-refractivity contribution >= 4 is 34.8 Å². The first kappa shape index (κ1) is 20.2. The molecule has 0 spiro atoms. The molecule has 0 saturated heterocycles. The number of anilines is 1. The summed E-state index contributed by atoms with van der Waals surface area (Å²) in [5.74, 6) is -3.11. The second-order valence-electron chi connectivity index (χ2n) is 5.33. The van der Waals surface area contributed by atoms with E-state index in [2.05, 4.69) is 10.5 Å². The van der Waals surface area contributed by atoms with Crippen molar-refractivity contribution < 1.29 is 27.9 Å². The number of carbonyl (C=O) groups is 2. The number of nitrogens with one attached hydrogen (secondary N) is 2. The van der Waals surface area contributed by atoms with Gasteiger partial charge in [-0.25, -0.2) is 5.43 Å². The molecule has 2 aromatic carbocycles. The second-order valence-corrected chi connectivity index (χ2v) is 5.77. The minimum Gasteiger partial charge on any atom is -0.507 e. The average molecular weight is 400 g/mol. The Morgan fingerprint density at radius 3 is 2.52 bits per heavy atom. The van der Waals surface area contributed by atoms with Gasteiger partial charge in [-0.05, 0) is 42.8 Å². The van der Waals surface area contributed by atoms with Crippen LogP contribution in [0.3, 0.4) is 0 Å². The summed E-state index contributed by atoms with van der Waals surface area (Å²) in [7, 11) is 0. The standard InChI is InChI=1S/C17H13ClF3N3O3/c1-9(23-24-15(26)13-8-11(18)5-6-14(13)25)10-3-2-4-12(7-10)22-16(27)17(19,20)21/h2-8,25H,1H3,(H,22,27)(H,24,26)/b23-9+. The van der Waals surface area contributed by atoms with Crippen LogP contribution in [-0.4, -0.2) is 28.8 Å². The van der Waals surface area contributed by atoms with Gasteiger partial charge >= 0.3 is 12.1 Å². The second kappa shape index (κ2) is 8.09. The van der Waals surface area contributed by atoms with E-state index in [9.17, 15) is 27.9 Å². The van der Waals surface area contributed by atoms with Gasteiger partial charge in [-0.1, -0.05) is 23.7 Å². The van der Waals surface area contributed by atoms with Crippen molar-refractivity contribution in [1.82, 2.24) is 5.43 Å². The van der Waals surface area contributed by atoms with Crippen LogP contribution >= 0.6 is 11.6 Å². The fourth-order valence-electron chi connectivity index (χ4n) is 1.97. The zero-order valence-corrected chi connectivity index (χ0v) is 14.5. The van der Waals surface area contributed by atoms with Gasteiger partial charge in [0.05, 0.1) is 11.3 Å². The highest BCUT2D eigenvalue weighted by Crippen LogP contribution is 2.21. The largest absolute Gasteiger partial charge is 0.507 e. The molecule has 0 saturated carbocycles. The van der Waals surface area contributed by atoms with Crippen LogP contribution in [-0.2, 0) is 4.79 Å². The quantitative estimate of drug-likeness (QED) is 0.541. The van der Waals surface area contributed by atoms with E-state index in [1.807, 2.05) is 0 Å². The van der Waals surface area contributed by atoms with E-state index in [1.165, 1.54) is 49.4 Å². The van der Waals surface area contributed by atoms with Crippen LogP contribution in [0.2, 0.25) is 5.02 Å². The third-order valence-corrected chi connectivity index (χ3v) is 3.56. The van der Waals surface area contributed by atoms with Crippen LogP contribution in [0.15, 0.2) is 47.6 Å². The summed E-state index contributed by atoms with van der Waals surface area (Å²) < 4.78 is 36.9.